The topological polar surface area (TPSA) is 119 Å². The Morgan fingerprint density at radius 2 is 2.14 bits per heavy atom. The number of ether oxygens (including phenoxy) is 1. The summed E-state index contributed by atoms with van der Waals surface area (Å²) in [4.78, 5) is 24.3. The van der Waals surface area contributed by atoms with Gasteiger partial charge in [0.15, 0.2) is 5.95 Å². The number of amidine groups is 1. The van der Waals surface area contributed by atoms with E-state index in [1.54, 1.807) is 36.5 Å². The van der Waals surface area contributed by atoms with E-state index in [0.717, 1.165) is 17.2 Å². The monoisotopic (exact) mass is 397 g/mol. The molecule has 0 aliphatic carbocycles. The van der Waals surface area contributed by atoms with Crippen molar-refractivity contribution in [2.45, 2.75) is 6.54 Å². The largest absolute Gasteiger partial charge is 0.439 e. The Balaban J connectivity index is 1.82. The molecule has 0 saturated carbocycles. The molecular weight excluding hydrogens is 377 g/mol. The van der Waals surface area contributed by atoms with Gasteiger partial charge < -0.3 is 21.1 Å². The summed E-state index contributed by atoms with van der Waals surface area (Å²) in [6.45, 7) is 0.597. The molecule has 0 bridgehead atoms. The predicted octanol–water partition coefficient (Wildman–Crippen LogP) is 2.30. The molecule has 0 radical (unpaired) electrons. The van der Waals surface area contributed by atoms with Crippen molar-refractivity contribution in [3.63, 3.8) is 0 Å². The highest BCUT2D eigenvalue weighted by Crippen LogP contribution is 2.25. The fourth-order valence-corrected chi connectivity index (χ4v) is 2.58. The smallest absolute Gasteiger partial charge is 0.354 e. The van der Waals surface area contributed by atoms with E-state index in [1.807, 2.05) is 7.05 Å². The lowest BCUT2D eigenvalue weighted by Gasteiger charge is -2.07. The SMILES string of the molecule is CNCc1cc(Oc2ccc3c(ccn3C(=O)/N=C(N)\C=C(\F)NC)c2)ncn1. The lowest BCUT2D eigenvalue weighted by Crippen LogP contribution is -2.16. The number of benzene rings is 1. The number of hydrogen-bond donors (Lipinski definition) is 3. The van der Waals surface area contributed by atoms with Gasteiger partial charge in [0.05, 0.1) is 11.2 Å². The molecule has 29 heavy (non-hydrogen) atoms. The first-order chi connectivity index (χ1) is 14.0. The van der Waals surface area contributed by atoms with Crippen molar-refractivity contribution in [3.8, 4) is 11.6 Å². The number of nitrogens with one attached hydrogen (secondary N) is 2. The highest BCUT2D eigenvalue weighted by Gasteiger charge is 2.10. The number of carbonyl (C=O) groups is 1. The van der Waals surface area contributed by atoms with Gasteiger partial charge in [-0.2, -0.15) is 9.38 Å². The van der Waals surface area contributed by atoms with Gasteiger partial charge in [0.25, 0.3) is 0 Å². The van der Waals surface area contributed by atoms with E-state index in [1.165, 1.54) is 17.9 Å². The number of rotatable bonds is 6. The van der Waals surface area contributed by atoms with Crippen LogP contribution in [-0.2, 0) is 6.54 Å². The highest BCUT2D eigenvalue weighted by molar-refractivity contribution is 6.02. The third-order valence-corrected chi connectivity index (χ3v) is 3.88. The minimum atomic E-state index is -0.694. The Kier molecular flexibility index (Phi) is 6.15. The van der Waals surface area contributed by atoms with E-state index >= 15 is 0 Å². The number of aromatic nitrogens is 3. The number of nitrogens with two attached hydrogens (primary N) is 1. The van der Waals surface area contributed by atoms with Gasteiger partial charge in [0.1, 0.15) is 17.9 Å². The van der Waals surface area contributed by atoms with Gasteiger partial charge in [-0.25, -0.2) is 14.8 Å². The van der Waals surface area contributed by atoms with Crippen LogP contribution in [0, 0.1) is 0 Å². The molecule has 0 aliphatic heterocycles. The molecule has 0 spiro atoms. The molecule has 3 aromatic rings. The fourth-order valence-electron chi connectivity index (χ4n) is 2.58. The molecule has 2 aromatic heterocycles. The number of nitrogens with zero attached hydrogens (tertiary/aromatic N) is 4. The molecule has 0 aliphatic rings. The summed E-state index contributed by atoms with van der Waals surface area (Å²) in [6.07, 6.45) is 3.92. The van der Waals surface area contributed by atoms with Crippen LogP contribution in [0.4, 0.5) is 9.18 Å². The van der Waals surface area contributed by atoms with Crippen molar-refractivity contribution in [1.82, 2.24) is 25.2 Å². The van der Waals surface area contributed by atoms with Gasteiger partial charge >= 0.3 is 6.03 Å². The maximum atomic E-state index is 13.2. The summed E-state index contributed by atoms with van der Waals surface area (Å²) in [5.74, 6) is 0.0280. The summed E-state index contributed by atoms with van der Waals surface area (Å²) >= 11 is 0. The average Bonchev–Trinajstić information content (AvgIpc) is 3.11. The lowest BCUT2D eigenvalue weighted by molar-refractivity contribution is 0.251. The summed E-state index contributed by atoms with van der Waals surface area (Å²) in [6, 6.07) is 8.03. The molecule has 0 atom stereocenters. The summed E-state index contributed by atoms with van der Waals surface area (Å²) in [5.41, 5.74) is 6.98. The van der Waals surface area contributed by atoms with Crippen LogP contribution in [0.3, 0.4) is 0 Å². The van der Waals surface area contributed by atoms with Crippen molar-refractivity contribution in [2.75, 3.05) is 14.1 Å². The number of halogens is 1. The van der Waals surface area contributed by atoms with Gasteiger partial charge in [-0.1, -0.05) is 0 Å². The van der Waals surface area contributed by atoms with E-state index in [2.05, 4.69) is 25.6 Å². The Morgan fingerprint density at radius 3 is 2.90 bits per heavy atom. The van der Waals surface area contributed by atoms with E-state index in [-0.39, 0.29) is 5.84 Å². The highest BCUT2D eigenvalue weighted by atomic mass is 19.1. The van der Waals surface area contributed by atoms with Crippen molar-refractivity contribution < 1.29 is 13.9 Å². The summed E-state index contributed by atoms with van der Waals surface area (Å²) in [5, 5.41) is 6.03. The minimum absolute atomic E-state index is 0.246. The normalized spacial score (nSPS) is 12.2. The first kappa shape index (κ1) is 20.0. The van der Waals surface area contributed by atoms with E-state index in [0.29, 0.717) is 23.7 Å². The van der Waals surface area contributed by atoms with Crippen LogP contribution >= 0.6 is 0 Å². The maximum Gasteiger partial charge on any atom is 0.354 e. The Hall–Kier alpha value is -3.79. The number of fused-ring (bicyclic) bond motifs is 1. The van der Waals surface area contributed by atoms with Crippen molar-refractivity contribution in [2.24, 2.45) is 10.7 Å². The van der Waals surface area contributed by atoms with E-state index < -0.39 is 12.0 Å². The van der Waals surface area contributed by atoms with E-state index in [4.69, 9.17) is 10.5 Å². The average molecular weight is 397 g/mol. The molecule has 0 unspecified atom stereocenters. The molecule has 9 nitrogen and oxygen atoms in total. The zero-order valence-electron chi connectivity index (χ0n) is 15.9. The fraction of sp³-hybridized carbons (Fsp3) is 0.158. The maximum absolute atomic E-state index is 13.2. The quantitative estimate of drug-likeness (QED) is 0.332. The van der Waals surface area contributed by atoms with Crippen LogP contribution in [0.1, 0.15) is 5.69 Å². The molecule has 2 heterocycles. The second-order valence-electron chi connectivity index (χ2n) is 5.95. The molecule has 0 saturated heterocycles. The van der Waals surface area contributed by atoms with Crippen LogP contribution in [0.5, 0.6) is 11.6 Å². The van der Waals surface area contributed by atoms with Gasteiger partial charge in [-0.3, -0.25) is 4.57 Å². The van der Waals surface area contributed by atoms with Crippen LogP contribution < -0.4 is 21.1 Å². The number of aliphatic imine (C=N–C) groups is 1. The van der Waals surface area contributed by atoms with Crippen LogP contribution in [0.25, 0.3) is 10.9 Å². The van der Waals surface area contributed by atoms with Crippen molar-refractivity contribution >= 4 is 22.8 Å². The zero-order valence-corrected chi connectivity index (χ0v) is 15.9. The standard InChI is InChI=1S/C19H20FN7O2/c1-22-10-13-8-18(25-11-24-13)29-14-3-4-15-12(7-14)5-6-27(15)19(28)26-17(21)9-16(20)23-2/h3-9,11,22-23H,10H2,1-2H3,(H2,21,26,28)/b16-9-. The molecule has 10 heteroatoms. The number of carbonyl (C=O) groups excluding carboxylic acids is 1. The second-order valence-corrected chi connectivity index (χ2v) is 5.95. The Bertz CT molecular complexity index is 1090. The molecule has 1 aromatic carbocycles. The zero-order chi connectivity index (χ0) is 20.8. The molecule has 1 amide bonds. The lowest BCUT2D eigenvalue weighted by atomic mass is 10.2. The van der Waals surface area contributed by atoms with E-state index in [9.17, 15) is 9.18 Å². The van der Waals surface area contributed by atoms with Crippen LogP contribution in [0.2, 0.25) is 0 Å². The van der Waals surface area contributed by atoms with Crippen LogP contribution in [-0.4, -0.2) is 40.5 Å². The molecule has 3 rings (SSSR count). The number of hydrogen-bond acceptors (Lipinski definition) is 6. The first-order valence-corrected chi connectivity index (χ1v) is 8.68. The first-order valence-electron chi connectivity index (χ1n) is 8.68. The molecule has 150 valence electrons. The van der Waals surface area contributed by atoms with Gasteiger partial charge in [-0.15, -0.1) is 0 Å². The van der Waals surface area contributed by atoms with Gasteiger partial charge in [0.2, 0.25) is 5.88 Å². The summed E-state index contributed by atoms with van der Waals surface area (Å²) < 4.78 is 20.3. The Morgan fingerprint density at radius 1 is 1.31 bits per heavy atom. The molecule has 0 fully saturated rings. The van der Waals surface area contributed by atoms with Gasteiger partial charge in [-0.05, 0) is 31.3 Å². The predicted molar refractivity (Wildman–Crippen MR) is 107 cm³/mol. The van der Waals surface area contributed by atoms with Gasteiger partial charge in [0, 0.05) is 37.3 Å². The third kappa shape index (κ3) is 4.93. The molecular formula is C19H20FN7O2. The summed E-state index contributed by atoms with van der Waals surface area (Å²) in [7, 11) is 3.22. The third-order valence-electron chi connectivity index (χ3n) is 3.88. The number of amides is 1. The van der Waals surface area contributed by atoms with Crippen molar-refractivity contribution in [3.05, 3.63) is 60.6 Å². The minimum Gasteiger partial charge on any atom is -0.439 e. The van der Waals surface area contributed by atoms with Crippen molar-refractivity contribution in [1.29, 1.82) is 0 Å². The Labute approximate surface area is 166 Å². The molecule has 4 N–H and O–H groups in total. The van der Waals surface area contributed by atoms with Crippen LogP contribution in [0.15, 0.2) is 59.9 Å². The second kappa shape index (κ2) is 8.93.